The summed E-state index contributed by atoms with van der Waals surface area (Å²) in [6, 6.07) is 8.62. The molecule has 118 valence electrons. The number of H-pyrrole nitrogens is 1. The third-order valence-electron chi connectivity index (χ3n) is 3.32. The minimum Gasteiger partial charge on any atom is -0.494 e. The SMILES string of the molecule is Oc1[nH]c2ccc(F)cc2c1C=Nc1ccccc1C(F)(F)F. The fraction of sp³-hybridized carbons (Fsp3) is 0.0625. The molecule has 3 nitrogen and oxygen atoms in total. The third-order valence-corrected chi connectivity index (χ3v) is 3.32. The summed E-state index contributed by atoms with van der Waals surface area (Å²) in [6.45, 7) is 0. The Hall–Kier alpha value is -2.83. The number of hydrogen-bond donors (Lipinski definition) is 2. The Balaban J connectivity index is 2.08. The van der Waals surface area contributed by atoms with Crippen LogP contribution in [0.4, 0.5) is 23.2 Å². The van der Waals surface area contributed by atoms with Gasteiger partial charge in [-0.25, -0.2) is 4.39 Å². The molecule has 0 aliphatic heterocycles. The summed E-state index contributed by atoms with van der Waals surface area (Å²) in [7, 11) is 0. The van der Waals surface area contributed by atoms with E-state index in [0.29, 0.717) is 10.9 Å². The second-order valence-electron chi connectivity index (χ2n) is 4.85. The molecular formula is C16H10F4N2O. The van der Waals surface area contributed by atoms with Crippen molar-refractivity contribution in [3.8, 4) is 5.88 Å². The van der Waals surface area contributed by atoms with Crippen LogP contribution in [0.2, 0.25) is 0 Å². The van der Waals surface area contributed by atoms with Gasteiger partial charge in [-0.05, 0) is 30.3 Å². The number of hydrogen-bond acceptors (Lipinski definition) is 2. The standard InChI is InChI=1S/C16H10F4N2O/c17-9-5-6-13-10(7-9)11(15(23)22-13)8-21-14-4-2-1-3-12(14)16(18,19)20/h1-8,22-23H. The number of para-hydroxylation sites is 1. The Morgan fingerprint density at radius 1 is 1.09 bits per heavy atom. The average molecular weight is 322 g/mol. The van der Waals surface area contributed by atoms with Crippen molar-refractivity contribution in [3.63, 3.8) is 0 Å². The van der Waals surface area contributed by atoms with Crippen molar-refractivity contribution in [2.24, 2.45) is 4.99 Å². The van der Waals surface area contributed by atoms with E-state index in [-0.39, 0.29) is 17.1 Å². The van der Waals surface area contributed by atoms with Crippen molar-refractivity contribution >= 4 is 22.8 Å². The summed E-state index contributed by atoms with van der Waals surface area (Å²) < 4.78 is 52.1. The van der Waals surface area contributed by atoms with Gasteiger partial charge in [-0.3, -0.25) is 4.99 Å². The number of aromatic hydroxyl groups is 1. The zero-order chi connectivity index (χ0) is 16.6. The number of aromatic amines is 1. The maximum atomic E-state index is 13.3. The molecule has 0 amide bonds. The lowest BCUT2D eigenvalue weighted by Crippen LogP contribution is -2.04. The van der Waals surface area contributed by atoms with E-state index in [1.165, 1.54) is 36.4 Å². The molecule has 1 aromatic heterocycles. The summed E-state index contributed by atoms with van der Waals surface area (Å²) in [4.78, 5) is 6.42. The highest BCUT2D eigenvalue weighted by atomic mass is 19.4. The molecule has 0 saturated carbocycles. The van der Waals surface area contributed by atoms with Gasteiger partial charge >= 0.3 is 6.18 Å². The van der Waals surface area contributed by atoms with Crippen LogP contribution in [0, 0.1) is 5.82 Å². The number of aliphatic imine (C=N–C) groups is 1. The molecule has 0 unspecified atom stereocenters. The second-order valence-corrected chi connectivity index (χ2v) is 4.85. The minimum atomic E-state index is -4.54. The van der Waals surface area contributed by atoms with E-state index in [1.807, 2.05) is 0 Å². The van der Waals surface area contributed by atoms with Crippen LogP contribution in [0.1, 0.15) is 11.1 Å². The molecule has 0 radical (unpaired) electrons. The molecule has 0 aliphatic rings. The lowest BCUT2D eigenvalue weighted by atomic mass is 10.1. The zero-order valence-corrected chi connectivity index (χ0v) is 11.5. The molecule has 0 bridgehead atoms. The topological polar surface area (TPSA) is 48.4 Å². The lowest BCUT2D eigenvalue weighted by Gasteiger charge is -2.08. The number of nitrogens with one attached hydrogen (secondary N) is 1. The average Bonchev–Trinajstić information content (AvgIpc) is 2.79. The van der Waals surface area contributed by atoms with Crippen molar-refractivity contribution in [2.75, 3.05) is 0 Å². The van der Waals surface area contributed by atoms with Crippen LogP contribution in [-0.2, 0) is 6.18 Å². The molecule has 3 aromatic rings. The van der Waals surface area contributed by atoms with Crippen LogP contribution in [0.15, 0.2) is 47.5 Å². The Morgan fingerprint density at radius 3 is 2.57 bits per heavy atom. The number of benzene rings is 2. The van der Waals surface area contributed by atoms with E-state index >= 15 is 0 Å². The second kappa shape index (κ2) is 5.42. The van der Waals surface area contributed by atoms with Crippen molar-refractivity contribution in [1.29, 1.82) is 0 Å². The van der Waals surface area contributed by atoms with Crippen molar-refractivity contribution in [1.82, 2.24) is 4.98 Å². The van der Waals surface area contributed by atoms with Gasteiger partial charge in [-0.1, -0.05) is 12.1 Å². The summed E-state index contributed by atoms with van der Waals surface area (Å²) in [5.74, 6) is -0.819. The Morgan fingerprint density at radius 2 is 1.83 bits per heavy atom. The first-order valence-corrected chi connectivity index (χ1v) is 6.57. The molecule has 1 heterocycles. The number of halogens is 4. The maximum absolute atomic E-state index is 13.3. The number of nitrogens with zero attached hydrogens (tertiary/aromatic N) is 1. The van der Waals surface area contributed by atoms with Crippen molar-refractivity contribution in [2.45, 2.75) is 6.18 Å². The van der Waals surface area contributed by atoms with Gasteiger partial charge in [0.15, 0.2) is 5.88 Å². The fourth-order valence-electron chi connectivity index (χ4n) is 2.26. The van der Waals surface area contributed by atoms with E-state index < -0.39 is 17.6 Å². The van der Waals surface area contributed by atoms with Crippen LogP contribution in [0.25, 0.3) is 10.9 Å². The van der Waals surface area contributed by atoms with E-state index in [2.05, 4.69) is 9.98 Å². The smallest absolute Gasteiger partial charge is 0.418 e. The predicted molar refractivity (Wildman–Crippen MR) is 78.6 cm³/mol. The first-order valence-electron chi connectivity index (χ1n) is 6.57. The molecule has 0 aliphatic carbocycles. The molecule has 0 saturated heterocycles. The monoisotopic (exact) mass is 322 g/mol. The molecule has 2 N–H and O–H groups in total. The minimum absolute atomic E-state index is 0.122. The van der Waals surface area contributed by atoms with E-state index in [1.54, 1.807) is 0 Å². The Bertz CT molecular complexity index is 897. The van der Waals surface area contributed by atoms with Gasteiger partial charge in [-0.2, -0.15) is 13.2 Å². The van der Waals surface area contributed by atoms with Crippen LogP contribution < -0.4 is 0 Å². The highest BCUT2D eigenvalue weighted by Gasteiger charge is 2.33. The number of aromatic nitrogens is 1. The van der Waals surface area contributed by atoms with Crippen molar-refractivity contribution < 1.29 is 22.7 Å². The fourth-order valence-corrected chi connectivity index (χ4v) is 2.26. The van der Waals surface area contributed by atoms with Gasteiger partial charge in [0.1, 0.15) is 5.82 Å². The highest BCUT2D eigenvalue weighted by Crippen LogP contribution is 2.36. The van der Waals surface area contributed by atoms with Crippen molar-refractivity contribution in [3.05, 3.63) is 59.4 Å². The molecule has 7 heteroatoms. The van der Waals surface area contributed by atoms with Gasteiger partial charge in [-0.15, -0.1) is 0 Å². The van der Waals surface area contributed by atoms with Crippen LogP contribution in [-0.4, -0.2) is 16.3 Å². The lowest BCUT2D eigenvalue weighted by molar-refractivity contribution is -0.137. The largest absolute Gasteiger partial charge is 0.494 e. The summed E-state index contributed by atoms with van der Waals surface area (Å²) >= 11 is 0. The summed E-state index contributed by atoms with van der Waals surface area (Å²) in [5.41, 5.74) is -0.599. The molecular weight excluding hydrogens is 312 g/mol. The third kappa shape index (κ3) is 2.90. The molecule has 0 atom stereocenters. The van der Waals surface area contributed by atoms with E-state index in [0.717, 1.165) is 12.3 Å². The highest BCUT2D eigenvalue weighted by molar-refractivity contribution is 6.02. The normalized spacial score (nSPS) is 12.3. The van der Waals surface area contributed by atoms with E-state index in [4.69, 9.17) is 0 Å². The molecule has 0 fully saturated rings. The number of fused-ring (bicyclic) bond motifs is 1. The quantitative estimate of drug-likeness (QED) is 0.517. The molecule has 0 spiro atoms. The summed E-state index contributed by atoms with van der Waals surface area (Å²) in [5, 5.41) is 10.2. The number of rotatable bonds is 2. The number of alkyl halides is 3. The molecule has 23 heavy (non-hydrogen) atoms. The molecule has 2 aromatic carbocycles. The Labute approximate surface area is 127 Å². The predicted octanol–water partition coefficient (Wildman–Crippen LogP) is 4.78. The van der Waals surface area contributed by atoms with Crippen LogP contribution >= 0.6 is 0 Å². The Kier molecular flexibility index (Phi) is 3.55. The molecule has 3 rings (SSSR count). The van der Waals surface area contributed by atoms with Gasteiger partial charge in [0.05, 0.1) is 16.8 Å². The van der Waals surface area contributed by atoms with Gasteiger partial charge < -0.3 is 10.1 Å². The van der Waals surface area contributed by atoms with Gasteiger partial charge in [0.2, 0.25) is 0 Å². The van der Waals surface area contributed by atoms with Gasteiger partial charge in [0.25, 0.3) is 0 Å². The maximum Gasteiger partial charge on any atom is 0.418 e. The van der Waals surface area contributed by atoms with E-state index in [9.17, 15) is 22.7 Å². The van der Waals surface area contributed by atoms with Crippen LogP contribution in [0.5, 0.6) is 5.88 Å². The van der Waals surface area contributed by atoms with Crippen LogP contribution in [0.3, 0.4) is 0 Å². The van der Waals surface area contributed by atoms with Gasteiger partial charge in [0, 0.05) is 17.1 Å². The first-order chi connectivity index (χ1) is 10.9. The summed E-state index contributed by atoms with van der Waals surface area (Å²) in [6.07, 6.45) is -3.46. The zero-order valence-electron chi connectivity index (χ0n) is 11.5. The first kappa shape index (κ1) is 15.1.